The molecule has 0 aliphatic carbocycles. The van der Waals surface area contributed by atoms with Gasteiger partial charge < -0.3 is 14.9 Å². The van der Waals surface area contributed by atoms with Crippen molar-refractivity contribution >= 4 is 12.0 Å². The van der Waals surface area contributed by atoms with Crippen molar-refractivity contribution in [1.82, 2.24) is 0 Å². The lowest BCUT2D eigenvalue weighted by Crippen LogP contribution is -2.17. The first-order valence-electron chi connectivity index (χ1n) is 4.35. The number of hydrogen-bond donors (Lipinski definition) is 1. The van der Waals surface area contributed by atoms with Crippen molar-refractivity contribution < 1.29 is 14.3 Å². The topological polar surface area (TPSA) is 59.4 Å². The highest BCUT2D eigenvalue weighted by Gasteiger charge is 2.05. The monoisotopic (exact) mass is 186 g/mol. The summed E-state index contributed by atoms with van der Waals surface area (Å²) in [6.45, 7) is 5.47. The van der Waals surface area contributed by atoms with Crippen LogP contribution in [0.3, 0.4) is 0 Å². The molecule has 13 heavy (non-hydrogen) atoms. The highest BCUT2D eigenvalue weighted by molar-refractivity contribution is 6.27. The van der Waals surface area contributed by atoms with Crippen LogP contribution in [0.25, 0.3) is 0 Å². The van der Waals surface area contributed by atoms with Crippen LogP contribution < -0.4 is 0 Å². The van der Waals surface area contributed by atoms with E-state index >= 15 is 0 Å². The Hall–Kier alpha value is -0.740. The summed E-state index contributed by atoms with van der Waals surface area (Å²) in [6.07, 6.45) is 1.72. The summed E-state index contributed by atoms with van der Waals surface area (Å²) in [5, 5.41) is 7.05. The molecule has 0 heterocycles. The van der Waals surface area contributed by atoms with Gasteiger partial charge in [-0.3, -0.25) is 4.79 Å². The number of nitrogens with one attached hydrogen (secondary N) is 1. The number of rotatable bonds is 8. The predicted molar refractivity (Wildman–Crippen MR) is 49.9 cm³/mol. The van der Waals surface area contributed by atoms with Gasteiger partial charge in [-0.05, 0) is 13.8 Å². The largest absolute Gasteiger partial charge is 0.379 e. The Bertz CT molecular complexity index is 159. The summed E-state index contributed by atoms with van der Waals surface area (Å²) in [4.78, 5) is 9.99. The minimum Gasteiger partial charge on any atom is -0.379 e. The fourth-order valence-electron chi connectivity index (χ4n) is 0.841. The second-order valence-electron chi connectivity index (χ2n) is 2.66. The molecule has 0 aromatic carbocycles. The molecule has 0 saturated heterocycles. The highest BCUT2D eigenvalue weighted by atomic mass is 16.5. The molecule has 4 heteroatoms. The maximum atomic E-state index is 9.99. The van der Waals surface area contributed by atoms with Crippen molar-refractivity contribution in [3.63, 3.8) is 0 Å². The maximum absolute atomic E-state index is 9.99. The number of carbonyl (C=O) groups excluding carboxylic acids is 1. The predicted octanol–water partition coefficient (Wildman–Crippen LogP) is 0.948. The molecule has 1 radical (unpaired) electrons. The zero-order valence-corrected chi connectivity index (χ0v) is 8.13. The van der Waals surface area contributed by atoms with E-state index in [9.17, 15) is 4.79 Å². The van der Waals surface area contributed by atoms with Gasteiger partial charge in [0, 0.05) is 13.0 Å². The van der Waals surface area contributed by atoms with Crippen LogP contribution in [0.5, 0.6) is 0 Å². The third kappa shape index (κ3) is 7.62. The van der Waals surface area contributed by atoms with Crippen LogP contribution in [0.2, 0.25) is 0 Å². The standard InChI is InChI=1S/C9H16NO3/c1-3-12-4-5-13-8(2)6-9(10)7-11/h8,10H,3-6H2,1-2H3. The lowest BCUT2D eigenvalue weighted by molar-refractivity contribution is 0.0186. The van der Waals surface area contributed by atoms with E-state index in [2.05, 4.69) is 0 Å². The molecular weight excluding hydrogens is 170 g/mol. The van der Waals surface area contributed by atoms with Crippen LogP contribution >= 0.6 is 0 Å². The summed E-state index contributed by atoms with van der Waals surface area (Å²) in [5.74, 6) is 0. The highest BCUT2D eigenvalue weighted by Crippen LogP contribution is 1.97. The fourth-order valence-corrected chi connectivity index (χ4v) is 0.841. The molecule has 1 unspecified atom stereocenters. The number of ether oxygens (including phenoxy) is 2. The molecule has 0 fully saturated rings. The van der Waals surface area contributed by atoms with Crippen LogP contribution in [0, 0.1) is 5.41 Å². The summed E-state index contributed by atoms with van der Waals surface area (Å²) in [6, 6.07) is 0. The SMILES string of the molecule is CCOCCOC(C)CC(=N)[C]=O. The van der Waals surface area contributed by atoms with E-state index in [1.165, 1.54) is 6.29 Å². The van der Waals surface area contributed by atoms with Crippen LogP contribution in [0.1, 0.15) is 20.3 Å². The van der Waals surface area contributed by atoms with Gasteiger partial charge in [-0.15, -0.1) is 0 Å². The van der Waals surface area contributed by atoms with Crippen LogP contribution in [0.15, 0.2) is 0 Å². The molecule has 1 atom stereocenters. The minimum atomic E-state index is -0.116. The van der Waals surface area contributed by atoms with Gasteiger partial charge >= 0.3 is 0 Å². The lowest BCUT2D eigenvalue weighted by atomic mass is 10.2. The fraction of sp³-hybridized carbons (Fsp3) is 0.778. The molecule has 0 spiro atoms. The van der Waals surface area contributed by atoms with Crippen LogP contribution in [-0.2, 0) is 14.3 Å². The molecule has 0 bridgehead atoms. The minimum absolute atomic E-state index is 0.0519. The Morgan fingerprint density at radius 2 is 2.23 bits per heavy atom. The van der Waals surface area contributed by atoms with Gasteiger partial charge in [0.15, 0.2) is 0 Å². The third-order valence-corrected chi connectivity index (χ3v) is 1.45. The van der Waals surface area contributed by atoms with E-state index in [1.54, 1.807) is 0 Å². The van der Waals surface area contributed by atoms with E-state index < -0.39 is 0 Å². The van der Waals surface area contributed by atoms with E-state index in [0.29, 0.717) is 26.2 Å². The molecule has 4 nitrogen and oxygen atoms in total. The van der Waals surface area contributed by atoms with Crippen molar-refractivity contribution in [2.24, 2.45) is 0 Å². The molecule has 0 aliphatic rings. The first-order valence-corrected chi connectivity index (χ1v) is 4.35. The second kappa shape index (κ2) is 7.89. The van der Waals surface area contributed by atoms with E-state index in [0.717, 1.165) is 0 Å². The van der Waals surface area contributed by atoms with Gasteiger partial charge in [-0.2, -0.15) is 0 Å². The van der Waals surface area contributed by atoms with E-state index in [1.807, 2.05) is 13.8 Å². The van der Waals surface area contributed by atoms with Crippen molar-refractivity contribution in [3.8, 4) is 0 Å². The molecule has 1 N–H and O–H groups in total. The lowest BCUT2D eigenvalue weighted by Gasteiger charge is -2.11. The molecule has 0 aromatic heterocycles. The molecular formula is C9H16NO3. The molecule has 0 rings (SSSR count). The molecule has 75 valence electrons. The van der Waals surface area contributed by atoms with Gasteiger partial charge in [0.25, 0.3) is 0 Å². The van der Waals surface area contributed by atoms with Crippen molar-refractivity contribution in [2.75, 3.05) is 19.8 Å². The smallest absolute Gasteiger partial charge is 0.248 e. The Balaban J connectivity index is 3.34. The molecule has 0 aliphatic heterocycles. The van der Waals surface area contributed by atoms with E-state index in [4.69, 9.17) is 14.9 Å². The van der Waals surface area contributed by atoms with Gasteiger partial charge in [0.1, 0.15) is 0 Å². The maximum Gasteiger partial charge on any atom is 0.248 e. The Morgan fingerprint density at radius 1 is 1.54 bits per heavy atom. The first-order chi connectivity index (χ1) is 6.20. The molecule has 0 saturated carbocycles. The second-order valence-corrected chi connectivity index (χ2v) is 2.66. The summed E-state index contributed by atoms with van der Waals surface area (Å²) < 4.78 is 10.3. The van der Waals surface area contributed by atoms with Gasteiger partial charge in [-0.25, -0.2) is 0 Å². The Labute approximate surface area is 78.7 Å². The molecule has 0 aromatic rings. The van der Waals surface area contributed by atoms with Crippen LogP contribution in [-0.4, -0.2) is 37.9 Å². The van der Waals surface area contributed by atoms with Crippen LogP contribution in [0.4, 0.5) is 0 Å². The average molecular weight is 186 g/mol. The Morgan fingerprint density at radius 3 is 2.77 bits per heavy atom. The zero-order chi connectivity index (χ0) is 10.1. The van der Waals surface area contributed by atoms with E-state index in [-0.39, 0.29) is 11.8 Å². The van der Waals surface area contributed by atoms with Crippen molar-refractivity contribution in [3.05, 3.63) is 0 Å². The van der Waals surface area contributed by atoms with Gasteiger partial charge in [0.05, 0.1) is 25.0 Å². The van der Waals surface area contributed by atoms with Crippen molar-refractivity contribution in [2.45, 2.75) is 26.4 Å². The quantitative estimate of drug-likeness (QED) is 0.453. The third-order valence-electron chi connectivity index (χ3n) is 1.45. The van der Waals surface area contributed by atoms with Gasteiger partial charge in [-0.1, -0.05) is 0 Å². The average Bonchev–Trinajstić information content (AvgIpc) is 2.12. The first kappa shape index (κ1) is 12.3. The zero-order valence-electron chi connectivity index (χ0n) is 8.13. The Kier molecular flexibility index (Phi) is 7.44. The van der Waals surface area contributed by atoms with Crippen molar-refractivity contribution in [1.29, 1.82) is 5.41 Å². The summed E-state index contributed by atoms with van der Waals surface area (Å²) in [5.41, 5.74) is -0.0519. The number of hydrogen-bond acceptors (Lipinski definition) is 4. The molecule has 0 amide bonds. The summed E-state index contributed by atoms with van der Waals surface area (Å²) >= 11 is 0. The van der Waals surface area contributed by atoms with Gasteiger partial charge in [0.2, 0.25) is 6.29 Å². The summed E-state index contributed by atoms with van der Waals surface area (Å²) in [7, 11) is 0. The normalized spacial score (nSPS) is 12.5.